The van der Waals surface area contributed by atoms with E-state index < -0.39 is 10.0 Å². The second-order valence-corrected chi connectivity index (χ2v) is 6.23. The minimum atomic E-state index is -3.50. The van der Waals surface area contributed by atoms with Crippen molar-refractivity contribution in [3.63, 3.8) is 0 Å². The molecule has 2 N–H and O–H groups in total. The van der Waals surface area contributed by atoms with Gasteiger partial charge in [0.15, 0.2) is 0 Å². The molecule has 0 radical (unpaired) electrons. The minimum absolute atomic E-state index is 0.0710. The van der Waals surface area contributed by atoms with Gasteiger partial charge in [-0.3, -0.25) is 4.72 Å². The number of fused-ring (bicyclic) bond motifs is 1. The highest BCUT2D eigenvalue weighted by Gasteiger charge is 2.15. The van der Waals surface area contributed by atoms with Crippen LogP contribution in [0.3, 0.4) is 0 Å². The van der Waals surface area contributed by atoms with Gasteiger partial charge in [-0.2, -0.15) is 5.26 Å². The molecule has 1 aromatic carbocycles. The van der Waals surface area contributed by atoms with Gasteiger partial charge in [0.1, 0.15) is 6.07 Å². The van der Waals surface area contributed by atoms with Crippen LogP contribution in [0.4, 0.5) is 5.69 Å². The maximum atomic E-state index is 11.9. The molecule has 2 rings (SSSR count). The molecular formula is C12H12ClN3O2S. The van der Waals surface area contributed by atoms with Crippen molar-refractivity contribution in [2.24, 2.45) is 0 Å². The van der Waals surface area contributed by atoms with Crippen LogP contribution in [0.1, 0.15) is 12.0 Å². The van der Waals surface area contributed by atoms with Crippen LogP contribution < -0.4 is 4.72 Å². The molecule has 0 saturated heterocycles. The second kappa shape index (κ2) is 5.51. The number of aromatic nitrogens is 1. The highest BCUT2D eigenvalue weighted by Crippen LogP contribution is 2.27. The zero-order chi connectivity index (χ0) is 13.9. The Hall–Kier alpha value is -1.71. The third-order valence-electron chi connectivity index (χ3n) is 2.65. The lowest BCUT2D eigenvalue weighted by Crippen LogP contribution is -2.18. The average Bonchev–Trinajstić information content (AvgIpc) is 2.85. The van der Waals surface area contributed by atoms with Crippen molar-refractivity contribution in [2.45, 2.75) is 6.42 Å². The molecule has 0 spiro atoms. The first-order valence-electron chi connectivity index (χ1n) is 5.64. The Morgan fingerprint density at radius 1 is 1.37 bits per heavy atom. The summed E-state index contributed by atoms with van der Waals surface area (Å²) in [5.41, 5.74) is 1.18. The maximum absolute atomic E-state index is 11.9. The van der Waals surface area contributed by atoms with Crippen molar-refractivity contribution in [1.82, 2.24) is 4.98 Å². The molecule has 7 heteroatoms. The number of aromatic amines is 1. The summed E-state index contributed by atoms with van der Waals surface area (Å²) in [5, 5.41) is 9.91. The number of nitrogens with one attached hydrogen (secondary N) is 2. The van der Waals surface area contributed by atoms with Crippen LogP contribution in [0.2, 0.25) is 0 Å². The highest BCUT2D eigenvalue weighted by molar-refractivity contribution is 7.92. The first-order valence-corrected chi connectivity index (χ1v) is 7.83. The molecule has 100 valence electrons. The molecule has 2 aromatic rings. The molecule has 0 bridgehead atoms. The van der Waals surface area contributed by atoms with Crippen molar-refractivity contribution in [3.05, 3.63) is 30.0 Å². The number of hydrogen-bond donors (Lipinski definition) is 2. The summed E-state index contributed by atoms with van der Waals surface area (Å²) in [7, 11) is -3.50. The number of nitrogens with zero attached hydrogens (tertiary/aromatic N) is 1. The molecule has 5 nitrogen and oxygen atoms in total. The third kappa shape index (κ3) is 3.00. The largest absolute Gasteiger partial charge is 0.359 e. The Morgan fingerprint density at radius 2 is 2.16 bits per heavy atom. The average molecular weight is 298 g/mol. The van der Waals surface area contributed by atoms with E-state index in [1.807, 2.05) is 12.1 Å². The van der Waals surface area contributed by atoms with E-state index in [1.54, 1.807) is 18.3 Å². The summed E-state index contributed by atoms with van der Waals surface area (Å²) in [6, 6.07) is 7.15. The van der Waals surface area contributed by atoms with Crippen LogP contribution in [-0.2, 0) is 10.0 Å². The van der Waals surface area contributed by atoms with Crippen molar-refractivity contribution >= 4 is 38.2 Å². The number of halogens is 1. The highest BCUT2D eigenvalue weighted by atomic mass is 35.5. The fraction of sp³-hybridized carbons (Fsp3) is 0.250. The van der Waals surface area contributed by atoms with E-state index in [0.29, 0.717) is 17.6 Å². The standard InChI is InChI=1S/C12H12ClN3O2S/c13-5-1-7-19(17,18)16-12-10(8-14)3-2-9-4-6-15-11(9)12/h2-4,6,15-16H,1,5,7H2. The topological polar surface area (TPSA) is 85.8 Å². The lowest BCUT2D eigenvalue weighted by atomic mass is 10.1. The van der Waals surface area contributed by atoms with E-state index in [2.05, 4.69) is 9.71 Å². The zero-order valence-electron chi connectivity index (χ0n) is 9.98. The maximum Gasteiger partial charge on any atom is 0.232 e. The van der Waals surface area contributed by atoms with E-state index in [9.17, 15) is 8.42 Å². The number of alkyl halides is 1. The molecule has 0 aliphatic carbocycles. The number of nitriles is 1. The number of hydrogen-bond acceptors (Lipinski definition) is 3. The van der Waals surface area contributed by atoms with Crippen molar-refractivity contribution in [2.75, 3.05) is 16.4 Å². The third-order valence-corrected chi connectivity index (χ3v) is 4.26. The van der Waals surface area contributed by atoms with Gasteiger partial charge < -0.3 is 4.98 Å². The normalized spacial score (nSPS) is 11.4. The van der Waals surface area contributed by atoms with Crippen molar-refractivity contribution in [1.29, 1.82) is 5.26 Å². The number of sulfonamides is 1. The van der Waals surface area contributed by atoms with Crippen LogP contribution in [-0.4, -0.2) is 25.0 Å². The molecule has 0 aliphatic rings. The number of rotatable bonds is 5. The van der Waals surface area contributed by atoms with Gasteiger partial charge in [-0.05, 0) is 18.6 Å². The Balaban J connectivity index is 2.44. The lowest BCUT2D eigenvalue weighted by molar-refractivity contribution is 0.600. The Bertz CT molecular complexity index is 731. The summed E-state index contributed by atoms with van der Waals surface area (Å²) < 4.78 is 26.3. The summed E-state index contributed by atoms with van der Waals surface area (Å²) >= 11 is 5.50. The van der Waals surface area contributed by atoms with E-state index in [-0.39, 0.29) is 17.2 Å². The van der Waals surface area contributed by atoms with Gasteiger partial charge in [0.2, 0.25) is 10.0 Å². The molecule has 1 aromatic heterocycles. The van der Waals surface area contributed by atoms with Gasteiger partial charge in [-0.25, -0.2) is 8.42 Å². The summed E-state index contributed by atoms with van der Waals surface area (Å²) in [4.78, 5) is 2.94. The minimum Gasteiger partial charge on any atom is -0.359 e. The SMILES string of the molecule is N#Cc1ccc2cc[nH]c2c1NS(=O)(=O)CCCCl. The Kier molecular flexibility index (Phi) is 3.98. The van der Waals surface area contributed by atoms with E-state index in [0.717, 1.165) is 5.39 Å². The number of H-pyrrole nitrogens is 1. The lowest BCUT2D eigenvalue weighted by Gasteiger charge is -2.10. The van der Waals surface area contributed by atoms with Gasteiger partial charge in [0.25, 0.3) is 0 Å². The molecule has 0 atom stereocenters. The first kappa shape index (κ1) is 13.7. The molecule has 0 amide bonds. The predicted octanol–water partition coefficient (Wildman–Crippen LogP) is 2.41. The summed E-state index contributed by atoms with van der Waals surface area (Å²) in [6.07, 6.45) is 2.06. The van der Waals surface area contributed by atoms with Gasteiger partial charge in [-0.1, -0.05) is 6.07 Å². The van der Waals surface area contributed by atoms with Crippen molar-refractivity contribution in [3.8, 4) is 6.07 Å². The van der Waals surface area contributed by atoms with Crippen LogP contribution in [0.5, 0.6) is 0 Å². The monoisotopic (exact) mass is 297 g/mol. The van der Waals surface area contributed by atoms with E-state index >= 15 is 0 Å². The Labute approximate surface area is 116 Å². The molecule has 19 heavy (non-hydrogen) atoms. The first-order chi connectivity index (χ1) is 9.07. The fourth-order valence-corrected chi connectivity index (χ4v) is 3.22. The van der Waals surface area contributed by atoms with Crippen LogP contribution in [0, 0.1) is 11.3 Å². The molecule has 0 fully saturated rings. The fourth-order valence-electron chi connectivity index (χ4n) is 1.78. The number of benzene rings is 1. The number of anilines is 1. The molecule has 1 heterocycles. The summed E-state index contributed by atoms with van der Waals surface area (Å²) in [6.45, 7) is 0. The predicted molar refractivity (Wildman–Crippen MR) is 75.8 cm³/mol. The van der Waals surface area contributed by atoms with Crippen molar-refractivity contribution < 1.29 is 8.42 Å². The van der Waals surface area contributed by atoms with Gasteiger partial charge in [-0.15, -0.1) is 11.6 Å². The van der Waals surface area contributed by atoms with Gasteiger partial charge in [0.05, 0.1) is 22.5 Å². The Morgan fingerprint density at radius 3 is 2.84 bits per heavy atom. The van der Waals surface area contributed by atoms with Crippen LogP contribution in [0.15, 0.2) is 24.4 Å². The smallest absolute Gasteiger partial charge is 0.232 e. The molecule has 0 aliphatic heterocycles. The summed E-state index contributed by atoms with van der Waals surface area (Å²) in [5.74, 6) is 0.206. The molecular weight excluding hydrogens is 286 g/mol. The zero-order valence-corrected chi connectivity index (χ0v) is 11.6. The van der Waals surface area contributed by atoms with Crippen LogP contribution >= 0.6 is 11.6 Å². The van der Waals surface area contributed by atoms with E-state index in [1.165, 1.54) is 0 Å². The van der Waals surface area contributed by atoms with Gasteiger partial charge in [0, 0.05) is 17.5 Å². The second-order valence-electron chi connectivity index (χ2n) is 4.01. The van der Waals surface area contributed by atoms with Crippen LogP contribution in [0.25, 0.3) is 10.9 Å². The molecule has 0 saturated carbocycles. The molecule has 0 unspecified atom stereocenters. The quantitative estimate of drug-likeness (QED) is 0.831. The van der Waals surface area contributed by atoms with E-state index in [4.69, 9.17) is 16.9 Å². The van der Waals surface area contributed by atoms with Gasteiger partial charge >= 0.3 is 0 Å².